The van der Waals surface area contributed by atoms with Gasteiger partial charge in [0.2, 0.25) is 5.91 Å². The topological polar surface area (TPSA) is 38.8 Å². The summed E-state index contributed by atoms with van der Waals surface area (Å²) in [5, 5.41) is 0. The Balaban J connectivity index is 1.59. The SMILES string of the molecule is COc1ccccc1CCC(=O)N1CCC[C@H]1[C@@H]1CCCO1. The molecule has 2 aliphatic rings. The number of amides is 1. The summed E-state index contributed by atoms with van der Waals surface area (Å²) in [4.78, 5) is 14.7. The molecular formula is C18H25NO3. The Labute approximate surface area is 132 Å². The van der Waals surface area contributed by atoms with E-state index in [1.807, 2.05) is 24.3 Å². The third kappa shape index (κ3) is 3.27. The van der Waals surface area contributed by atoms with Gasteiger partial charge >= 0.3 is 0 Å². The quantitative estimate of drug-likeness (QED) is 0.839. The van der Waals surface area contributed by atoms with Crippen molar-refractivity contribution in [2.45, 2.75) is 50.7 Å². The zero-order valence-electron chi connectivity index (χ0n) is 13.3. The molecule has 22 heavy (non-hydrogen) atoms. The highest BCUT2D eigenvalue weighted by atomic mass is 16.5. The van der Waals surface area contributed by atoms with Crippen molar-refractivity contribution >= 4 is 5.91 Å². The van der Waals surface area contributed by atoms with Gasteiger partial charge in [-0.25, -0.2) is 0 Å². The van der Waals surface area contributed by atoms with Crippen molar-refractivity contribution in [1.82, 2.24) is 4.90 Å². The van der Waals surface area contributed by atoms with Crippen molar-refractivity contribution in [1.29, 1.82) is 0 Å². The molecule has 0 saturated carbocycles. The largest absolute Gasteiger partial charge is 0.496 e. The van der Waals surface area contributed by atoms with E-state index >= 15 is 0 Å². The van der Waals surface area contributed by atoms with E-state index in [-0.39, 0.29) is 12.0 Å². The minimum Gasteiger partial charge on any atom is -0.496 e. The van der Waals surface area contributed by atoms with Gasteiger partial charge in [0.15, 0.2) is 0 Å². The molecule has 4 nitrogen and oxygen atoms in total. The lowest BCUT2D eigenvalue weighted by Crippen LogP contribution is -2.42. The standard InChI is InChI=1S/C18H25NO3/c1-21-16-8-3-2-6-14(16)10-11-18(20)19-12-4-7-15(19)17-9-5-13-22-17/h2-3,6,8,15,17H,4-5,7,9-13H2,1H3/t15-,17-/m0/s1. The molecule has 0 unspecified atom stereocenters. The predicted molar refractivity (Wildman–Crippen MR) is 85.0 cm³/mol. The van der Waals surface area contributed by atoms with Gasteiger partial charge < -0.3 is 14.4 Å². The second-order valence-electron chi connectivity index (χ2n) is 6.16. The molecule has 0 N–H and O–H groups in total. The number of nitrogens with zero attached hydrogens (tertiary/aromatic N) is 1. The number of hydrogen-bond acceptors (Lipinski definition) is 3. The van der Waals surface area contributed by atoms with Crippen molar-refractivity contribution in [3.8, 4) is 5.75 Å². The van der Waals surface area contributed by atoms with Gasteiger partial charge in [0.1, 0.15) is 5.75 Å². The number of para-hydroxylation sites is 1. The van der Waals surface area contributed by atoms with Gasteiger partial charge in [-0.05, 0) is 43.7 Å². The lowest BCUT2D eigenvalue weighted by molar-refractivity contribution is -0.134. The zero-order valence-corrected chi connectivity index (χ0v) is 13.3. The molecule has 2 fully saturated rings. The third-order valence-electron chi connectivity index (χ3n) is 4.81. The normalized spacial score (nSPS) is 24.7. The Morgan fingerprint density at radius 3 is 2.95 bits per heavy atom. The highest BCUT2D eigenvalue weighted by molar-refractivity contribution is 5.77. The molecule has 0 radical (unpaired) electrons. The predicted octanol–water partition coefficient (Wildman–Crippen LogP) is 2.80. The number of hydrogen-bond donors (Lipinski definition) is 0. The molecule has 120 valence electrons. The number of methoxy groups -OCH3 is 1. The molecule has 0 aliphatic carbocycles. The van der Waals surface area contributed by atoms with Crippen LogP contribution < -0.4 is 4.74 Å². The second-order valence-corrected chi connectivity index (χ2v) is 6.16. The number of ether oxygens (including phenoxy) is 2. The lowest BCUT2D eigenvalue weighted by atomic mass is 10.0. The Kier molecular flexibility index (Phi) is 4.98. The maximum atomic E-state index is 12.6. The second kappa shape index (κ2) is 7.14. The molecule has 1 aromatic carbocycles. The van der Waals surface area contributed by atoms with E-state index < -0.39 is 0 Å². The molecule has 2 saturated heterocycles. The van der Waals surface area contributed by atoms with Crippen LogP contribution in [0.15, 0.2) is 24.3 Å². The summed E-state index contributed by atoms with van der Waals surface area (Å²) in [5.41, 5.74) is 1.10. The molecule has 1 aromatic rings. The monoisotopic (exact) mass is 303 g/mol. The van der Waals surface area contributed by atoms with Crippen LogP contribution in [0.5, 0.6) is 5.75 Å². The van der Waals surface area contributed by atoms with Gasteiger partial charge in [0.05, 0.1) is 19.3 Å². The molecule has 2 aliphatic heterocycles. The summed E-state index contributed by atoms with van der Waals surface area (Å²) in [5.74, 6) is 1.12. The van der Waals surface area contributed by atoms with Crippen molar-refractivity contribution in [3.05, 3.63) is 29.8 Å². The highest BCUT2D eigenvalue weighted by Crippen LogP contribution is 2.29. The fraction of sp³-hybridized carbons (Fsp3) is 0.611. The lowest BCUT2D eigenvalue weighted by Gasteiger charge is -2.29. The van der Waals surface area contributed by atoms with Crippen molar-refractivity contribution in [3.63, 3.8) is 0 Å². The van der Waals surface area contributed by atoms with Gasteiger partial charge in [0, 0.05) is 19.6 Å². The molecule has 2 atom stereocenters. The summed E-state index contributed by atoms with van der Waals surface area (Å²) >= 11 is 0. The number of likely N-dealkylation sites (tertiary alicyclic amines) is 1. The van der Waals surface area contributed by atoms with Crippen LogP contribution in [0.1, 0.15) is 37.7 Å². The molecule has 0 bridgehead atoms. The fourth-order valence-corrected chi connectivity index (χ4v) is 3.69. The minimum absolute atomic E-state index is 0.254. The molecule has 4 heteroatoms. The maximum absolute atomic E-state index is 12.6. The van der Waals surface area contributed by atoms with Crippen LogP contribution in [0, 0.1) is 0 Å². The van der Waals surface area contributed by atoms with Gasteiger partial charge in [-0.2, -0.15) is 0 Å². The average molecular weight is 303 g/mol. The molecule has 0 spiro atoms. The number of carbonyl (C=O) groups is 1. The van der Waals surface area contributed by atoms with E-state index in [1.54, 1.807) is 7.11 Å². The third-order valence-corrected chi connectivity index (χ3v) is 4.81. The van der Waals surface area contributed by atoms with Crippen molar-refractivity contribution in [2.24, 2.45) is 0 Å². The van der Waals surface area contributed by atoms with E-state index in [0.717, 1.165) is 56.6 Å². The Morgan fingerprint density at radius 1 is 1.32 bits per heavy atom. The van der Waals surface area contributed by atoms with Crippen LogP contribution in [0.2, 0.25) is 0 Å². The average Bonchev–Trinajstić information content (AvgIpc) is 3.23. The van der Waals surface area contributed by atoms with E-state index in [4.69, 9.17) is 9.47 Å². The number of rotatable bonds is 5. The van der Waals surface area contributed by atoms with E-state index in [0.29, 0.717) is 12.5 Å². The first-order valence-electron chi connectivity index (χ1n) is 8.32. The van der Waals surface area contributed by atoms with Crippen LogP contribution in [-0.2, 0) is 16.0 Å². The summed E-state index contributed by atoms with van der Waals surface area (Å²) in [6.07, 6.45) is 5.96. The van der Waals surface area contributed by atoms with E-state index in [2.05, 4.69) is 4.90 Å². The maximum Gasteiger partial charge on any atom is 0.223 e. The highest BCUT2D eigenvalue weighted by Gasteiger charge is 2.36. The van der Waals surface area contributed by atoms with Crippen LogP contribution >= 0.6 is 0 Å². The van der Waals surface area contributed by atoms with E-state index in [1.165, 1.54) is 0 Å². The molecule has 3 rings (SSSR count). The summed E-state index contributed by atoms with van der Waals surface area (Å²) in [6.45, 7) is 1.74. The van der Waals surface area contributed by atoms with Gasteiger partial charge in [-0.1, -0.05) is 18.2 Å². The minimum atomic E-state index is 0.254. The first kappa shape index (κ1) is 15.3. The van der Waals surface area contributed by atoms with Gasteiger partial charge in [-0.3, -0.25) is 4.79 Å². The molecule has 0 aromatic heterocycles. The number of aryl methyl sites for hydroxylation is 1. The molecule has 2 heterocycles. The number of benzene rings is 1. The van der Waals surface area contributed by atoms with Crippen LogP contribution in [0.25, 0.3) is 0 Å². The first-order valence-corrected chi connectivity index (χ1v) is 8.32. The summed E-state index contributed by atoms with van der Waals surface area (Å²) < 4.78 is 11.2. The van der Waals surface area contributed by atoms with Crippen LogP contribution in [0.3, 0.4) is 0 Å². The fourth-order valence-electron chi connectivity index (χ4n) is 3.69. The summed E-state index contributed by atoms with van der Waals surface area (Å²) in [7, 11) is 1.68. The van der Waals surface area contributed by atoms with Gasteiger partial charge in [-0.15, -0.1) is 0 Å². The Morgan fingerprint density at radius 2 is 2.18 bits per heavy atom. The zero-order chi connectivity index (χ0) is 15.4. The Bertz CT molecular complexity index is 511. The number of carbonyl (C=O) groups excluding carboxylic acids is 1. The van der Waals surface area contributed by atoms with Gasteiger partial charge in [0.25, 0.3) is 0 Å². The van der Waals surface area contributed by atoms with E-state index in [9.17, 15) is 4.79 Å². The summed E-state index contributed by atoms with van der Waals surface area (Å²) in [6, 6.07) is 8.23. The molecule has 1 amide bonds. The van der Waals surface area contributed by atoms with Crippen molar-refractivity contribution in [2.75, 3.05) is 20.3 Å². The van der Waals surface area contributed by atoms with Crippen LogP contribution in [-0.4, -0.2) is 43.2 Å². The first-order chi connectivity index (χ1) is 10.8. The van der Waals surface area contributed by atoms with Crippen molar-refractivity contribution < 1.29 is 14.3 Å². The molecular weight excluding hydrogens is 278 g/mol. The van der Waals surface area contributed by atoms with Crippen LogP contribution in [0.4, 0.5) is 0 Å². The smallest absolute Gasteiger partial charge is 0.223 e. The Hall–Kier alpha value is -1.55.